The molecular formula is C28H43NO11. The summed E-state index contributed by atoms with van der Waals surface area (Å²) in [6.07, 6.45) is -3.82. The second kappa shape index (κ2) is 14.2. The molecule has 0 aliphatic carbocycles. The van der Waals surface area contributed by atoms with Crippen LogP contribution in [0.25, 0.3) is 0 Å². The Kier molecular flexibility index (Phi) is 12.2. The van der Waals surface area contributed by atoms with Gasteiger partial charge in [0.1, 0.15) is 22.8 Å². The molecular weight excluding hydrogens is 526 g/mol. The first-order chi connectivity index (χ1) is 18.3. The minimum atomic E-state index is -1.88. The van der Waals surface area contributed by atoms with Gasteiger partial charge in [-0.2, -0.15) is 0 Å². The predicted octanol–water partition coefficient (Wildman–Crippen LogP) is 5.76. The van der Waals surface area contributed by atoms with Crippen LogP contribution in [0.3, 0.4) is 0 Å². The molecule has 0 saturated carbocycles. The molecule has 1 aromatic rings. The number of hydrogen-bond acceptors (Lipinski definition) is 11. The Balaban J connectivity index is 3.28. The van der Waals surface area contributed by atoms with Crippen LogP contribution in [0.4, 0.5) is 14.4 Å². The highest BCUT2D eigenvalue weighted by Gasteiger charge is 2.37. The normalized spacial score (nSPS) is 14.0. The summed E-state index contributed by atoms with van der Waals surface area (Å²) in [5, 5.41) is 9.91. The number of benzene rings is 1. The van der Waals surface area contributed by atoms with Crippen molar-refractivity contribution in [2.24, 2.45) is 5.73 Å². The van der Waals surface area contributed by atoms with E-state index in [0.717, 1.165) is 0 Å². The van der Waals surface area contributed by atoms with E-state index in [1.807, 2.05) is 13.8 Å². The van der Waals surface area contributed by atoms with E-state index in [1.165, 1.54) is 25.1 Å². The number of carboxylic acid groups (broad SMARTS) is 1. The van der Waals surface area contributed by atoms with Gasteiger partial charge in [-0.15, -0.1) is 0 Å². The van der Waals surface area contributed by atoms with Crippen LogP contribution in [-0.2, 0) is 30.2 Å². The molecule has 1 aromatic carbocycles. The third-order valence-electron chi connectivity index (χ3n) is 6.04. The third kappa shape index (κ3) is 11.7. The quantitative estimate of drug-likeness (QED) is 0.167. The second-order valence-corrected chi connectivity index (χ2v) is 11.1. The standard InChI is InChI=1S/C28H43NO11/c1-10-26(6,7)39-24(33)37-20-13-12-19(14-21(20)38-25(34)40-27(8,9)11-2)16-28(29,22(30)31)15-18(5)36-23(32)35-17(3)4/h12-14,17-18H,10-11,15-16,29H2,1-9H3,(H,30,31)/t18-,28?/m0/s1. The van der Waals surface area contributed by atoms with Gasteiger partial charge in [0, 0.05) is 12.8 Å². The van der Waals surface area contributed by atoms with E-state index in [-0.39, 0.29) is 24.3 Å². The molecule has 0 aliphatic rings. The van der Waals surface area contributed by atoms with Crippen molar-refractivity contribution in [3.8, 4) is 11.5 Å². The first-order valence-electron chi connectivity index (χ1n) is 13.2. The van der Waals surface area contributed by atoms with E-state index in [1.54, 1.807) is 41.5 Å². The largest absolute Gasteiger partial charge is 0.514 e. The first-order valence-corrected chi connectivity index (χ1v) is 13.2. The van der Waals surface area contributed by atoms with Gasteiger partial charge in [-0.3, -0.25) is 4.79 Å². The van der Waals surface area contributed by atoms with Gasteiger partial charge in [-0.05, 0) is 79.0 Å². The minimum Gasteiger partial charge on any atom is -0.480 e. The summed E-state index contributed by atoms with van der Waals surface area (Å²) in [7, 11) is 0. The average Bonchev–Trinajstić information content (AvgIpc) is 2.79. The van der Waals surface area contributed by atoms with E-state index < -0.39 is 53.4 Å². The molecule has 0 saturated heterocycles. The van der Waals surface area contributed by atoms with Gasteiger partial charge in [0.2, 0.25) is 0 Å². The maximum absolute atomic E-state index is 12.5. The number of ether oxygens (including phenoxy) is 6. The van der Waals surface area contributed by atoms with E-state index in [2.05, 4.69) is 0 Å². The van der Waals surface area contributed by atoms with Crippen LogP contribution >= 0.6 is 0 Å². The smallest absolute Gasteiger partial charge is 0.480 e. The molecule has 2 atom stereocenters. The zero-order chi connectivity index (χ0) is 30.9. The van der Waals surface area contributed by atoms with Gasteiger partial charge >= 0.3 is 24.4 Å². The molecule has 0 radical (unpaired) electrons. The molecule has 12 nitrogen and oxygen atoms in total. The minimum absolute atomic E-state index is 0.155. The Morgan fingerprint density at radius 1 is 0.825 bits per heavy atom. The lowest BCUT2D eigenvalue weighted by atomic mass is 9.86. The molecule has 0 aromatic heterocycles. The molecule has 0 heterocycles. The molecule has 0 aliphatic heterocycles. The topological polar surface area (TPSA) is 170 Å². The van der Waals surface area contributed by atoms with E-state index in [4.69, 9.17) is 34.2 Å². The van der Waals surface area contributed by atoms with E-state index in [0.29, 0.717) is 18.4 Å². The molecule has 0 bridgehead atoms. The van der Waals surface area contributed by atoms with E-state index >= 15 is 0 Å². The Morgan fingerprint density at radius 2 is 1.32 bits per heavy atom. The predicted molar refractivity (Wildman–Crippen MR) is 144 cm³/mol. The molecule has 0 spiro atoms. The Labute approximate surface area is 235 Å². The lowest BCUT2D eigenvalue weighted by Crippen LogP contribution is -2.52. The highest BCUT2D eigenvalue weighted by atomic mass is 16.8. The summed E-state index contributed by atoms with van der Waals surface area (Å²) in [5.41, 5.74) is 3.05. The van der Waals surface area contributed by atoms with Crippen LogP contribution in [0.15, 0.2) is 18.2 Å². The van der Waals surface area contributed by atoms with Crippen LogP contribution in [0.1, 0.15) is 87.1 Å². The summed E-state index contributed by atoms with van der Waals surface area (Å²) in [5.74, 6) is -1.71. The fraction of sp³-hybridized carbons (Fsp3) is 0.643. The third-order valence-corrected chi connectivity index (χ3v) is 6.04. The van der Waals surface area contributed by atoms with Gasteiger partial charge in [-0.25, -0.2) is 14.4 Å². The molecule has 12 heteroatoms. The summed E-state index contributed by atoms with van der Waals surface area (Å²) < 4.78 is 31.4. The van der Waals surface area contributed by atoms with Gasteiger partial charge in [0.15, 0.2) is 11.5 Å². The molecule has 226 valence electrons. The molecule has 1 rings (SSSR count). The van der Waals surface area contributed by atoms with Crippen LogP contribution in [0, 0.1) is 0 Å². The van der Waals surface area contributed by atoms with Crippen molar-refractivity contribution < 1.29 is 52.7 Å². The van der Waals surface area contributed by atoms with Gasteiger partial charge in [0.25, 0.3) is 0 Å². The fourth-order valence-corrected chi connectivity index (χ4v) is 3.18. The summed E-state index contributed by atoms with van der Waals surface area (Å²) in [6, 6.07) is 4.10. The van der Waals surface area contributed by atoms with Crippen molar-refractivity contribution in [2.45, 2.75) is 117 Å². The monoisotopic (exact) mass is 569 g/mol. The molecule has 1 unspecified atom stereocenters. The lowest BCUT2D eigenvalue weighted by Gasteiger charge is -2.28. The maximum Gasteiger partial charge on any atom is 0.514 e. The first kappa shape index (κ1) is 34.5. The summed E-state index contributed by atoms with van der Waals surface area (Å²) in [6.45, 7) is 15.3. The van der Waals surface area contributed by atoms with Crippen molar-refractivity contribution in [1.29, 1.82) is 0 Å². The number of carbonyl (C=O) groups is 4. The van der Waals surface area contributed by atoms with Crippen LogP contribution in [0.2, 0.25) is 0 Å². The zero-order valence-electron chi connectivity index (χ0n) is 24.8. The van der Waals surface area contributed by atoms with Crippen LogP contribution < -0.4 is 15.2 Å². The van der Waals surface area contributed by atoms with E-state index in [9.17, 15) is 24.3 Å². The number of rotatable bonds is 13. The second-order valence-electron chi connectivity index (χ2n) is 11.1. The number of aliphatic carboxylic acids is 1. The number of carbonyl (C=O) groups excluding carboxylic acids is 3. The highest BCUT2D eigenvalue weighted by molar-refractivity contribution is 5.79. The Bertz CT molecular complexity index is 1050. The van der Waals surface area contributed by atoms with Crippen molar-refractivity contribution in [1.82, 2.24) is 0 Å². The molecule has 0 fully saturated rings. The van der Waals surface area contributed by atoms with Gasteiger partial charge in [0.05, 0.1) is 6.10 Å². The fourth-order valence-electron chi connectivity index (χ4n) is 3.18. The number of hydrogen-bond donors (Lipinski definition) is 2. The number of nitrogens with two attached hydrogens (primary N) is 1. The summed E-state index contributed by atoms with van der Waals surface area (Å²) in [4.78, 5) is 48.9. The van der Waals surface area contributed by atoms with Crippen molar-refractivity contribution in [3.05, 3.63) is 23.8 Å². The average molecular weight is 570 g/mol. The van der Waals surface area contributed by atoms with Crippen molar-refractivity contribution in [2.75, 3.05) is 0 Å². The van der Waals surface area contributed by atoms with Crippen LogP contribution in [0.5, 0.6) is 11.5 Å². The Morgan fingerprint density at radius 3 is 1.77 bits per heavy atom. The Hall–Kier alpha value is -3.54. The number of carboxylic acids is 1. The van der Waals surface area contributed by atoms with Gasteiger partial charge < -0.3 is 39.3 Å². The highest BCUT2D eigenvalue weighted by Crippen LogP contribution is 2.32. The maximum atomic E-state index is 12.5. The molecule has 0 amide bonds. The summed E-state index contributed by atoms with van der Waals surface area (Å²) >= 11 is 0. The molecule has 40 heavy (non-hydrogen) atoms. The van der Waals surface area contributed by atoms with Crippen molar-refractivity contribution in [3.63, 3.8) is 0 Å². The molecule has 3 N–H and O–H groups in total. The lowest BCUT2D eigenvalue weighted by molar-refractivity contribution is -0.144. The van der Waals surface area contributed by atoms with Crippen LogP contribution in [-0.4, -0.2) is 58.5 Å². The van der Waals surface area contributed by atoms with Crippen molar-refractivity contribution >= 4 is 24.4 Å². The zero-order valence-corrected chi connectivity index (χ0v) is 24.8. The van der Waals surface area contributed by atoms with Gasteiger partial charge in [-0.1, -0.05) is 19.9 Å². The SMILES string of the molecule is CCC(C)(C)OC(=O)Oc1ccc(CC(N)(C[C@H](C)OC(=O)OC(C)C)C(=O)O)cc1OC(=O)OC(C)(C)CC.